The number of carbonyl (C=O) groups excluding carboxylic acids is 1. The number of amides is 1. The molecule has 1 N–H and O–H groups in total. The van der Waals surface area contributed by atoms with Crippen LogP contribution in [0.25, 0.3) is 0 Å². The Bertz CT molecular complexity index is 1230. The lowest BCUT2D eigenvalue weighted by Gasteiger charge is -2.26. The predicted octanol–water partition coefficient (Wildman–Crippen LogP) is 0.792. The van der Waals surface area contributed by atoms with E-state index in [2.05, 4.69) is 5.32 Å². The first kappa shape index (κ1) is 26.0. The van der Waals surface area contributed by atoms with Crippen molar-refractivity contribution in [3.05, 3.63) is 53.8 Å². The first-order valence-corrected chi connectivity index (χ1v) is 13.2. The van der Waals surface area contributed by atoms with Crippen LogP contribution in [0.3, 0.4) is 0 Å². The zero-order valence-electron chi connectivity index (χ0n) is 18.7. The highest BCUT2D eigenvalue weighted by molar-refractivity contribution is 7.89. The first-order valence-electron chi connectivity index (χ1n) is 10.3. The highest BCUT2D eigenvalue weighted by Gasteiger charge is 2.28. The fraction of sp³-hybridized carbons (Fsp3) is 0.381. The summed E-state index contributed by atoms with van der Waals surface area (Å²) in [5.74, 6) is -1.39. The number of morpholine rings is 1. The molecule has 0 aliphatic carbocycles. The second-order valence-corrected chi connectivity index (χ2v) is 11.4. The van der Waals surface area contributed by atoms with Crippen LogP contribution in [0.1, 0.15) is 5.56 Å². The van der Waals surface area contributed by atoms with Gasteiger partial charge in [0.15, 0.2) is 0 Å². The average molecular weight is 516 g/mol. The number of hydrogen-bond acceptors (Lipinski definition) is 7. The Hall–Kier alpha value is -2.58. The van der Waals surface area contributed by atoms with E-state index in [4.69, 9.17) is 9.47 Å². The molecule has 1 heterocycles. The molecule has 3 rings (SSSR count). The monoisotopic (exact) mass is 515 g/mol. The highest BCUT2D eigenvalue weighted by Crippen LogP contribution is 2.26. The quantitative estimate of drug-likeness (QED) is 0.524. The van der Waals surface area contributed by atoms with E-state index >= 15 is 0 Å². The number of nitrogens with one attached hydrogen (secondary N) is 1. The third kappa shape index (κ3) is 5.91. The Morgan fingerprint density at radius 2 is 1.76 bits per heavy atom. The first-order chi connectivity index (χ1) is 16.1. The summed E-state index contributed by atoms with van der Waals surface area (Å²) in [5.41, 5.74) is 0.631. The fourth-order valence-corrected chi connectivity index (χ4v) is 5.98. The van der Waals surface area contributed by atoms with Crippen molar-refractivity contribution in [1.29, 1.82) is 0 Å². The number of carbonyl (C=O) groups is 1. The van der Waals surface area contributed by atoms with Gasteiger partial charge in [0.25, 0.3) is 0 Å². The normalized spacial score (nSPS) is 15.3. The van der Waals surface area contributed by atoms with E-state index in [0.717, 1.165) is 16.4 Å². The average Bonchev–Trinajstić information content (AvgIpc) is 2.83. The molecular formula is C21H26FN3O7S2. The van der Waals surface area contributed by atoms with Gasteiger partial charge in [-0.15, -0.1) is 0 Å². The largest absolute Gasteiger partial charge is 0.495 e. The molecule has 13 heteroatoms. The van der Waals surface area contributed by atoms with E-state index in [0.29, 0.717) is 18.8 Å². The molecule has 1 aliphatic heterocycles. The molecule has 0 spiro atoms. The molecule has 0 aromatic heterocycles. The second-order valence-electron chi connectivity index (χ2n) is 7.49. The summed E-state index contributed by atoms with van der Waals surface area (Å²) < 4.78 is 76.8. The van der Waals surface area contributed by atoms with Crippen molar-refractivity contribution in [2.75, 3.05) is 47.0 Å². The van der Waals surface area contributed by atoms with Crippen LogP contribution < -0.4 is 10.1 Å². The lowest BCUT2D eigenvalue weighted by atomic mass is 10.2. The minimum Gasteiger partial charge on any atom is -0.495 e. The number of benzene rings is 2. The van der Waals surface area contributed by atoms with E-state index in [-0.39, 0.29) is 35.2 Å². The van der Waals surface area contributed by atoms with Crippen molar-refractivity contribution in [2.24, 2.45) is 0 Å². The smallest absolute Gasteiger partial charge is 0.247 e. The molecule has 0 saturated carbocycles. The van der Waals surface area contributed by atoms with Crippen LogP contribution in [0.5, 0.6) is 5.75 Å². The molecule has 1 saturated heterocycles. The van der Waals surface area contributed by atoms with Crippen LogP contribution in [-0.4, -0.2) is 78.4 Å². The van der Waals surface area contributed by atoms with E-state index in [1.165, 1.54) is 36.7 Å². The van der Waals surface area contributed by atoms with Crippen LogP contribution in [0, 0.1) is 5.82 Å². The van der Waals surface area contributed by atoms with Gasteiger partial charge < -0.3 is 14.8 Å². The third-order valence-corrected chi connectivity index (χ3v) is 8.94. The number of rotatable bonds is 9. The Morgan fingerprint density at radius 3 is 2.38 bits per heavy atom. The van der Waals surface area contributed by atoms with Gasteiger partial charge in [-0.2, -0.15) is 8.61 Å². The predicted molar refractivity (Wildman–Crippen MR) is 121 cm³/mol. The Kier molecular flexibility index (Phi) is 8.25. The Labute approximate surface area is 198 Å². The molecule has 0 radical (unpaired) electrons. The maximum absolute atomic E-state index is 13.6. The van der Waals surface area contributed by atoms with Gasteiger partial charge in [0.05, 0.1) is 31.8 Å². The van der Waals surface area contributed by atoms with Gasteiger partial charge in [0.1, 0.15) is 16.5 Å². The van der Waals surface area contributed by atoms with Gasteiger partial charge in [-0.1, -0.05) is 12.1 Å². The maximum Gasteiger partial charge on any atom is 0.247 e. The summed E-state index contributed by atoms with van der Waals surface area (Å²) in [6, 6.07) is 9.16. The topological polar surface area (TPSA) is 122 Å². The third-order valence-electron chi connectivity index (χ3n) is 5.20. The zero-order valence-corrected chi connectivity index (χ0v) is 20.4. The molecular weight excluding hydrogens is 489 g/mol. The van der Waals surface area contributed by atoms with Crippen LogP contribution in [0.4, 0.5) is 4.39 Å². The van der Waals surface area contributed by atoms with Crippen molar-refractivity contribution in [3.8, 4) is 5.75 Å². The molecule has 10 nitrogen and oxygen atoms in total. The number of hydrogen-bond donors (Lipinski definition) is 1. The van der Waals surface area contributed by atoms with Gasteiger partial charge in [-0.25, -0.2) is 21.2 Å². The number of sulfonamides is 2. The lowest BCUT2D eigenvalue weighted by Crippen LogP contribution is -2.40. The Morgan fingerprint density at radius 1 is 1.12 bits per heavy atom. The minimum absolute atomic E-state index is 0.0409. The summed E-state index contributed by atoms with van der Waals surface area (Å²) >= 11 is 0. The van der Waals surface area contributed by atoms with Crippen molar-refractivity contribution >= 4 is 26.0 Å². The number of halogens is 1. The van der Waals surface area contributed by atoms with Crippen molar-refractivity contribution in [3.63, 3.8) is 0 Å². The van der Waals surface area contributed by atoms with Gasteiger partial charge in [-0.3, -0.25) is 4.79 Å². The molecule has 34 heavy (non-hydrogen) atoms. The molecule has 1 amide bonds. The number of nitrogens with zero attached hydrogens (tertiary/aromatic N) is 2. The van der Waals surface area contributed by atoms with Crippen molar-refractivity contribution < 1.29 is 35.5 Å². The number of ether oxygens (including phenoxy) is 2. The molecule has 2 aromatic rings. The maximum atomic E-state index is 13.6. The molecule has 2 aromatic carbocycles. The van der Waals surface area contributed by atoms with Gasteiger partial charge in [0.2, 0.25) is 26.0 Å². The van der Waals surface area contributed by atoms with Gasteiger partial charge >= 0.3 is 0 Å². The van der Waals surface area contributed by atoms with Crippen LogP contribution in [0.2, 0.25) is 0 Å². The van der Waals surface area contributed by atoms with E-state index in [1.54, 1.807) is 12.1 Å². The summed E-state index contributed by atoms with van der Waals surface area (Å²) in [6.45, 7) is 0.828. The number of methoxy groups -OCH3 is 1. The van der Waals surface area contributed by atoms with E-state index in [1.807, 2.05) is 0 Å². The fourth-order valence-electron chi connectivity index (χ4n) is 3.28. The molecule has 1 aliphatic rings. The summed E-state index contributed by atoms with van der Waals surface area (Å²) in [6.07, 6.45) is 0. The van der Waals surface area contributed by atoms with Crippen LogP contribution >= 0.6 is 0 Å². The molecule has 0 atom stereocenters. The zero-order chi connectivity index (χ0) is 24.9. The molecule has 0 bridgehead atoms. The standard InChI is InChI=1S/C21H26FN3O7S2/c1-24(34(29,30)20-13-17(22)5-8-19(20)31-2)15-21(26)23-14-16-3-6-18(7-4-16)33(27,28)25-9-11-32-12-10-25/h3-8,13H,9-12,14-15H2,1-2H3,(H,23,26). The van der Waals surface area contributed by atoms with Gasteiger partial charge in [-0.05, 0) is 35.9 Å². The van der Waals surface area contributed by atoms with Crippen LogP contribution in [0.15, 0.2) is 52.3 Å². The summed E-state index contributed by atoms with van der Waals surface area (Å²) in [5, 5.41) is 2.59. The summed E-state index contributed by atoms with van der Waals surface area (Å²) in [7, 11) is -5.35. The second kappa shape index (κ2) is 10.8. The highest BCUT2D eigenvalue weighted by atomic mass is 32.2. The van der Waals surface area contributed by atoms with Crippen molar-refractivity contribution in [2.45, 2.75) is 16.3 Å². The van der Waals surface area contributed by atoms with E-state index < -0.39 is 38.3 Å². The molecule has 1 fully saturated rings. The van der Waals surface area contributed by atoms with Gasteiger partial charge in [0, 0.05) is 26.7 Å². The SMILES string of the molecule is COc1ccc(F)cc1S(=O)(=O)N(C)CC(=O)NCc1ccc(S(=O)(=O)N2CCOCC2)cc1. The van der Waals surface area contributed by atoms with Crippen LogP contribution in [-0.2, 0) is 36.1 Å². The molecule has 0 unspecified atom stereocenters. The summed E-state index contributed by atoms with van der Waals surface area (Å²) in [4.78, 5) is 12.1. The van der Waals surface area contributed by atoms with E-state index in [9.17, 15) is 26.0 Å². The Balaban J connectivity index is 1.60. The van der Waals surface area contributed by atoms with Crippen molar-refractivity contribution in [1.82, 2.24) is 13.9 Å². The minimum atomic E-state index is -4.19. The lowest BCUT2D eigenvalue weighted by molar-refractivity contribution is -0.121. The number of likely N-dealkylation sites (N-methyl/N-ethyl adjacent to an activating group) is 1. The molecule has 186 valence electrons.